The van der Waals surface area contributed by atoms with Gasteiger partial charge in [0.2, 0.25) is 0 Å². The minimum absolute atomic E-state index is 0.0322. The number of methoxy groups -OCH3 is 1. The summed E-state index contributed by atoms with van der Waals surface area (Å²) >= 11 is 0. The molecule has 0 spiro atoms. The van der Waals surface area contributed by atoms with Crippen LogP contribution in [0.3, 0.4) is 0 Å². The van der Waals surface area contributed by atoms with Gasteiger partial charge in [-0.15, -0.1) is 0 Å². The fourth-order valence-electron chi connectivity index (χ4n) is 2.33. The zero-order valence-electron chi connectivity index (χ0n) is 17.4. The molecule has 0 aliphatic rings. The molecule has 0 unspecified atom stereocenters. The van der Waals surface area contributed by atoms with Crippen molar-refractivity contribution in [1.29, 1.82) is 0 Å². The maximum atomic E-state index is 12.0. The van der Waals surface area contributed by atoms with E-state index in [0.29, 0.717) is 18.4 Å². The lowest BCUT2D eigenvalue weighted by Crippen LogP contribution is -2.04. The van der Waals surface area contributed by atoms with Crippen LogP contribution < -0.4 is 10.5 Å². The van der Waals surface area contributed by atoms with Crippen molar-refractivity contribution < 1.29 is 32.6 Å². The van der Waals surface area contributed by atoms with Gasteiger partial charge in [-0.3, -0.25) is 4.79 Å². The third-order valence-corrected chi connectivity index (χ3v) is 3.96. The van der Waals surface area contributed by atoms with Crippen molar-refractivity contribution in [3.8, 4) is 5.75 Å². The normalized spacial score (nSPS) is 10.0. The first kappa shape index (κ1) is 26.4. The summed E-state index contributed by atoms with van der Waals surface area (Å²) in [4.78, 5) is 20.3. The summed E-state index contributed by atoms with van der Waals surface area (Å²) in [5.74, 6) is 0.0152. The smallest absolute Gasteiger partial charge is 0.416 e. The number of hydrogen-bond donors (Lipinski definition) is 2. The number of nitrogens with two attached hydrogens (primary N) is 1. The van der Waals surface area contributed by atoms with E-state index in [-0.39, 0.29) is 5.56 Å². The van der Waals surface area contributed by atoms with E-state index in [4.69, 9.17) is 15.6 Å². The standard InChI is InChI=1S/C9H13NO.C8H5F3O.C7H6O2/c1-11-9-4-2-8(3-5-9)6-7-10;9-8(10,11)7-3-1-2-6(4-7)5-12;8-7(9)6-4-2-1-3-5-6/h2-5H,6-7,10H2,1H3;1-5H;1-5H,(H,8,9). The van der Waals surface area contributed by atoms with E-state index in [2.05, 4.69) is 0 Å². The number of halogens is 3. The van der Waals surface area contributed by atoms with Crippen molar-refractivity contribution in [2.75, 3.05) is 13.7 Å². The molecule has 3 aromatic carbocycles. The Balaban J connectivity index is 0.000000242. The van der Waals surface area contributed by atoms with Crippen molar-refractivity contribution >= 4 is 12.3 Å². The second-order valence-electron chi connectivity index (χ2n) is 6.30. The van der Waals surface area contributed by atoms with Crippen LogP contribution in [0.4, 0.5) is 13.2 Å². The summed E-state index contributed by atoms with van der Waals surface area (Å²) in [6.07, 6.45) is -3.06. The second kappa shape index (κ2) is 13.6. The summed E-state index contributed by atoms with van der Waals surface area (Å²) in [6.45, 7) is 0.701. The van der Waals surface area contributed by atoms with Gasteiger partial charge < -0.3 is 15.6 Å². The van der Waals surface area contributed by atoms with Crippen molar-refractivity contribution in [3.63, 3.8) is 0 Å². The highest BCUT2D eigenvalue weighted by atomic mass is 19.4. The highest BCUT2D eigenvalue weighted by molar-refractivity contribution is 5.87. The molecule has 5 nitrogen and oxygen atoms in total. The molecule has 0 aliphatic heterocycles. The van der Waals surface area contributed by atoms with Gasteiger partial charge in [0.05, 0.1) is 18.2 Å². The first-order valence-electron chi connectivity index (χ1n) is 9.45. The number of aldehydes is 1. The van der Waals surface area contributed by atoms with E-state index >= 15 is 0 Å². The Morgan fingerprint density at radius 1 is 1.00 bits per heavy atom. The summed E-state index contributed by atoms with van der Waals surface area (Å²) < 4.78 is 41.0. The second-order valence-corrected chi connectivity index (χ2v) is 6.30. The number of ether oxygens (including phenoxy) is 1. The van der Waals surface area contributed by atoms with Gasteiger partial charge in [0, 0.05) is 5.56 Å². The SMILES string of the molecule is COc1ccc(CCN)cc1.O=C(O)c1ccccc1.O=Cc1cccc(C(F)(F)F)c1. The number of benzene rings is 3. The van der Waals surface area contributed by atoms with Gasteiger partial charge in [-0.2, -0.15) is 13.2 Å². The Morgan fingerprint density at radius 3 is 2.06 bits per heavy atom. The number of rotatable bonds is 5. The molecule has 0 fully saturated rings. The number of alkyl halides is 3. The van der Waals surface area contributed by atoms with Gasteiger partial charge >= 0.3 is 12.1 Å². The van der Waals surface area contributed by atoms with E-state index in [9.17, 15) is 22.8 Å². The lowest BCUT2D eigenvalue weighted by Gasteiger charge is -2.05. The predicted octanol–water partition coefficient (Wildman–Crippen LogP) is 5.10. The molecule has 0 bridgehead atoms. The first-order chi connectivity index (χ1) is 15.2. The van der Waals surface area contributed by atoms with Crippen LogP contribution in [0.2, 0.25) is 0 Å². The van der Waals surface area contributed by atoms with Gasteiger partial charge in [-0.1, -0.05) is 42.5 Å². The van der Waals surface area contributed by atoms with Crippen LogP contribution in [0.5, 0.6) is 5.75 Å². The molecule has 8 heteroatoms. The van der Waals surface area contributed by atoms with E-state index in [1.165, 1.54) is 17.7 Å². The number of carboxylic acid groups (broad SMARTS) is 1. The topological polar surface area (TPSA) is 89.6 Å². The minimum atomic E-state index is -4.38. The molecule has 3 rings (SSSR count). The number of hydrogen-bond acceptors (Lipinski definition) is 4. The molecule has 3 N–H and O–H groups in total. The number of carbonyl (C=O) groups excluding carboxylic acids is 1. The maximum absolute atomic E-state index is 12.0. The molecule has 0 saturated carbocycles. The Labute approximate surface area is 184 Å². The van der Waals surface area contributed by atoms with Crippen LogP contribution in [0, 0.1) is 0 Å². The fourth-order valence-corrected chi connectivity index (χ4v) is 2.33. The summed E-state index contributed by atoms with van der Waals surface area (Å²) in [5, 5.41) is 8.38. The minimum Gasteiger partial charge on any atom is -0.497 e. The molecule has 0 radical (unpaired) electrons. The summed E-state index contributed by atoms with van der Waals surface area (Å²) in [7, 11) is 1.66. The largest absolute Gasteiger partial charge is 0.497 e. The van der Waals surface area contributed by atoms with Crippen LogP contribution in [0.25, 0.3) is 0 Å². The molecule has 0 saturated heterocycles. The monoisotopic (exact) mass is 447 g/mol. The van der Waals surface area contributed by atoms with E-state index in [1.807, 2.05) is 24.3 Å². The van der Waals surface area contributed by atoms with E-state index in [1.54, 1.807) is 37.4 Å². The van der Waals surface area contributed by atoms with Crippen LogP contribution in [0.1, 0.15) is 31.8 Å². The number of aromatic carboxylic acids is 1. The Bertz CT molecular complexity index is 959. The molecule has 0 heterocycles. The molecule has 0 aliphatic carbocycles. The highest BCUT2D eigenvalue weighted by Gasteiger charge is 2.30. The van der Waals surface area contributed by atoms with Gasteiger partial charge in [-0.25, -0.2) is 4.79 Å². The molecule has 0 atom stereocenters. The number of carbonyl (C=O) groups is 2. The van der Waals surface area contributed by atoms with E-state index < -0.39 is 17.7 Å². The molecule has 170 valence electrons. The number of carboxylic acids is 1. The van der Waals surface area contributed by atoms with Crippen LogP contribution in [-0.2, 0) is 12.6 Å². The molecule has 3 aromatic rings. The van der Waals surface area contributed by atoms with Crippen LogP contribution >= 0.6 is 0 Å². The Kier molecular flexibility index (Phi) is 11.2. The zero-order chi connectivity index (χ0) is 24.0. The molecule has 0 aromatic heterocycles. The fraction of sp³-hybridized carbons (Fsp3) is 0.167. The van der Waals surface area contributed by atoms with Gasteiger partial charge in [-0.05, 0) is 54.9 Å². The van der Waals surface area contributed by atoms with Gasteiger partial charge in [0.25, 0.3) is 0 Å². The van der Waals surface area contributed by atoms with Gasteiger partial charge in [0.15, 0.2) is 0 Å². The van der Waals surface area contributed by atoms with Gasteiger partial charge in [0.1, 0.15) is 12.0 Å². The molecule has 0 amide bonds. The summed E-state index contributed by atoms with van der Waals surface area (Å²) in [5.41, 5.74) is 6.22. The average molecular weight is 447 g/mol. The third-order valence-electron chi connectivity index (χ3n) is 3.96. The lowest BCUT2D eigenvalue weighted by atomic mass is 10.1. The predicted molar refractivity (Wildman–Crippen MR) is 116 cm³/mol. The molecular weight excluding hydrogens is 423 g/mol. The van der Waals surface area contributed by atoms with Crippen LogP contribution in [-0.4, -0.2) is 31.0 Å². The first-order valence-corrected chi connectivity index (χ1v) is 9.45. The van der Waals surface area contributed by atoms with E-state index in [0.717, 1.165) is 24.3 Å². The zero-order valence-corrected chi connectivity index (χ0v) is 17.4. The highest BCUT2D eigenvalue weighted by Crippen LogP contribution is 2.29. The summed E-state index contributed by atoms with van der Waals surface area (Å²) in [6, 6.07) is 20.5. The average Bonchev–Trinajstić information content (AvgIpc) is 2.81. The lowest BCUT2D eigenvalue weighted by molar-refractivity contribution is -0.137. The maximum Gasteiger partial charge on any atom is 0.416 e. The Morgan fingerprint density at radius 2 is 1.62 bits per heavy atom. The third kappa shape index (κ3) is 9.90. The van der Waals surface area contributed by atoms with Crippen molar-refractivity contribution in [3.05, 3.63) is 101 Å². The van der Waals surface area contributed by atoms with Crippen LogP contribution in [0.15, 0.2) is 78.9 Å². The Hall–Kier alpha value is -3.65. The molecular formula is C24H24F3NO4. The quantitative estimate of drug-likeness (QED) is 0.531. The molecule has 32 heavy (non-hydrogen) atoms. The van der Waals surface area contributed by atoms with Crippen molar-refractivity contribution in [1.82, 2.24) is 0 Å². The van der Waals surface area contributed by atoms with Crippen molar-refractivity contribution in [2.45, 2.75) is 12.6 Å². The van der Waals surface area contributed by atoms with Crippen molar-refractivity contribution in [2.24, 2.45) is 5.73 Å².